The summed E-state index contributed by atoms with van der Waals surface area (Å²) in [7, 11) is 0. The van der Waals surface area contributed by atoms with Crippen molar-refractivity contribution in [2.24, 2.45) is 5.92 Å². The van der Waals surface area contributed by atoms with Gasteiger partial charge in [-0.15, -0.1) is 0 Å². The van der Waals surface area contributed by atoms with Crippen molar-refractivity contribution in [3.05, 3.63) is 12.4 Å². The number of nitrogens with zero attached hydrogens (tertiary/aromatic N) is 4. The Balaban J connectivity index is 1.97. The molecule has 1 fully saturated rings. The van der Waals surface area contributed by atoms with E-state index in [2.05, 4.69) is 9.97 Å². The Morgan fingerprint density at radius 3 is 2.65 bits per heavy atom. The third-order valence-electron chi connectivity index (χ3n) is 3.64. The van der Waals surface area contributed by atoms with Crippen LogP contribution in [0.4, 0.5) is 19.0 Å². The number of aromatic nitrogens is 2. The second-order valence-electron chi connectivity index (χ2n) is 6.30. The van der Waals surface area contributed by atoms with Crippen LogP contribution in [0.25, 0.3) is 0 Å². The van der Waals surface area contributed by atoms with Gasteiger partial charge < -0.3 is 9.64 Å². The smallest absolute Gasteiger partial charge is 0.401 e. The van der Waals surface area contributed by atoms with E-state index in [1.807, 2.05) is 18.7 Å². The molecule has 2 heterocycles. The zero-order chi connectivity index (χ0) is 17.0. The molecule has 0 N–H and O–H groups in total. The summed E-state index contributed by atoms with van der Waals surface area (Å²) in [6.45, 7) is 6.88. The highest BCUT2D eigenvalue weighted by molar-refractivity contribution is 5.38. The maximum Gasteiger partial charge on any atom is 0.401 e. The second-order valence-corrected chi connectivity index (χ2v) is 6.30. The van der Waals surface area contributed by atoms with E-state index in [0.717, 1.165) is 0 Å². The molecule has 1 unspecified atom stereocenters. The fraction of sp³-hybridized carbons (Fsp3) is 0.733. The van der Waals surface area contributed by atoms with Crippen LogP contribution in [-0.2, 0) is 0 Å². The van der Waals surface area contributed by atoms with Crippen molar-refractivity contribution >= 4 is 5.82 Å². The molecule has 23 heavy (non-hydrogen) atoms. The predicted octanol–water partition coefficient (Wildman–Crippen LogP) is 2.58. The molecule has 130 valence electrons. The maximum atomic E-state index is 12.5. The largest absolute Gasteiger partial charge is 0.476 e. The van der Waals surface area contributed by atoms with E-state index in [1.54, 1.807) is 19.3 Å². The predicted molar refractivity (Wildman–Crippen MR) is 81.7 cm³/mol. The summed E-state index contributed by atoms with van der Waals surface area (Å²) in [5.74, 6) is 1.47. The minimum atomic E-state index is -4.17. The number of halogens is 3. The first-order valence-electron chi connectivity index (χ1n) is 7.75. The van der Waals surface area contributed by atoms with Gasteiger partial charge in [0.2, 0.25) is 5.88 Å². The number of hydrogen-bond acceptors (Lipinski definition) is 5. The standard InChI is InChI=1S/C15H23F3N4O/c1-11(2)9-23-14-7-19-6-13(20-14)21-4-5-22(12(3)8-21)10-15(16,17)18/h6-7,11-12H,4-5,8-10H2,1-3H3. The third-order valence-corrected chi connectivity index (χ3v) is 3.64. The fourth-order valence-corrected chi connectivity index (χ4v) is 2.48. The number of anilines is 1. The lowest BCUT2D eigenvalue weighted by Gasteiger charge is -2.40. The molecule has 1 aliphatic heterocycles. The minimum absolute atomic E-state index is 0.201. The summed E-state index contributed by atoms with van der Waals surface area (Å²) in [5.41, 5.74) is 0. The summed E-state index contributed by atoms with van der Waals surface area (Å²) in [6.07, 6.45) is -0.996. The van der Waals surface area contributed by atoms with Crippen LogP contribution in [0.15, 0.2) is 12.4 Å². The Morgan fingerprint density at radius 2 is 2.04 bits per heavy atom. The van der Waals surface area contributed by atoms with Crippen LogP contribution in [0.5, 0.6) is 5.88 Å². The number of alkyl halides is 3. The molecular weight excluding hydrogens is 309 g/mol. The number of ether oxygens (including phenoxy) is 1. The molecule has 0 spiro atoms. The first kappa shape index (κ1) is 17.8. The normalized spacial score (nSPS) is 20.1. The van der Waals surface area contributed by atoms with Crippen LogP contribution < -0.4 is 9.64 Å². The van der Waals surface area contributed by atoms with Gasteiger partial charge in [0.15, 0.2) is 5.82 Å². The zero-order valence-corrected chi connectivity index (χ0v) is 13.7. The lowest BCUT2D eigenvalue weighted by Crippen LogP contribution is -2.54. The van der Waals surface area contributed by atoms with Gasteiger partial charge in [-0.3, -0.25) is 9.88 Å². The monoisotopic (exact) mass is 332 g/mol. The van der Waals surface area contributed by atoms with Gasteiger partial charge >= 0.3 is 6.18 Å². The third kappa shape index (κ3) is 5.53. The highest BCUT2D eigenvalue weighted by Gasteiger charge is 2.35. The molecule has 1 aromatic heterocycles. The molecular formula is C15H23F3N4O. The van der Waals surface area contributed by atoms with E-state index in [0.29, 0.717) is 43.9 Å². The van der Waals surface area contributed by atoms with Crippen molar-refractivity contribution in [1.29, 1.82) is 0 Å². The van der Waals surface area contributed by atoms with Crippen LogP contribution in [0.2, 0.25) is 0 Å². The van der Waals surface area contributed by atoms with Crippen LogP contribution in [0.1, 0.15) is 20.8 Å². The van der Waals surface area contributed by atoms with Gasteiger partial charge in [-0.25, -0.2) is 0 Å². The molecule has 0 saturated carbocycles. The molecule has 0 aromatic carbocycles. The zero-order valence-electron chi connectivity index (χ0n) is 13.7. The minimum Gasteiger partial charge on any atom is -0.476 e. The van der Waals surface area contributed by atoms with Gasteiger partial charge in [0.1, 0.15) is 0 Å². The first-order valence-corrected chi connectivity index (χ1v) is 7.75. The summed E-state index contributed by atoms with van der Waals surface area (Å²) >= 11 is 0. The van der Waals surface area contributed by atoms with Gasteiger partial charge in [0.05, 0.1) is 25.5 Å². The van der Waals surface area contributed by atoms with Crippen molar-refractivity contribution in [1.82, 2.24) is 14.9 Å². The molecule has 0 radical (unpaired) electrons. The molecule has 1 atom stereocenters. The molecule has 0 aliphatic carbocycles. The number of rotatable bonds is 5. The lowest BCUT2D eigenvalue weighted by molar-refractivity contribution is -0.150. The van der Waals surface area contributed by atoms with E-state index < -0.39 is 12.7 Å². The van der Waals surface area contributed by atoms with Gasteiger partial charge in [-0.1, -0.05) is 13.8 Å². The SMILES string of the molecule is CC(C)COc1cncc(N2CCN(CC(F)(F)F)C(C)C2)n1. The van der Waals surface area contributed by atoms with E-state index >= 15 is 0 Å². The summed E-state index contributed by atoms with van der Waals surface area (Å²) in [5, 5.41) is 0. The molecule has 5 nitrogen and oxygen atoms in total. The van der Waals surface area contributed by atoms with Crippen molar-refractivity contribution in [3.63, 3.8) is 0 Å². The van der Waals surface area contributed by atoms with E-state index in [9.17, 15) is 13.2 Å². The second kappa shape index (κ2) is 7.33. The van der Waals surface area contributed by atoms with Crippen LogP contribution in [0.3, 0.4) is 0 Å². The Morgan fingerprint density at radius 1 is 1.30 bits per heavy atom. The van der Waals surface area contributed by atoms with Crippen LogP contribution >= 0.6 is 0 Å². The summed E-state index contributed by atoms with van der Waals surface area (Å²) in [4.78, 5) is 11.9. The van der Waals surface area contributed by atoms with Crippen molar-refractivity contribution in [3.8, 4) is 5.88 Å². The fourth-order valence-electron chi connectivity index (χ4n) is 2.48. The molecule has 1 aliphatic rings. The van der Waals surface area contributed by atoms with Gasteiger partial charge in [-0.05, 0) is 12.8 Å². The quantitative estimate of drug-likeness (QED) is 0.829. The average molecular weight is 332 g/mol. The Labute approximate surface area is 134 Å². The van der Waals surface area contributed by atoms with Crippen LogP contribution in [0, 0.1) is 5.92 Å². The van der Waals surface area contributed by atoms with E-state index in [4.69, 9.17) is 4.74 Å². The Kier molecular flexibility index (Phi) is 5.67. The Bertz CT molecular complexity index is 510. The highest BCUT2D eigenvalue weighted by atomic mass is 19.4. The Hall–Kier alpha value is -1.57. The van der Waals surface area contributed by atoms with Crippen LogP contribution in [-0.4, -0.2) is 59.9 Å². The summed E-state index contributed by atoms with van der Waals surface area (Å²) < 4.78 is 43.2. The molecule has 1 saturated heterocycles. The van der Waals surface area contributed by atoms with Crippen molar-refractivity contribution in [2.75, 3.05) is 37.7 Å². The van der Waals surface area contributed by atoms with Gasteiger partial charge in [0, 0.05) is 25.7 Å². The number of piperazine rings is 1. The van der Waals surface area contributed by atoms with Gasteiger partial charge in [-0.2, -0.15) is 18.2 Å². The highest BCUT2D eigenvalue weighted by Crippen LogP contribution is 2.23. The number of hydrogen-bond donors (Lipinski definition) is 0. The lowest BCUT2D eigenvalue weighted by atomic mass is 10.2. The molecule has 0 bridgehead atoms. The maximum absolute atomic E-state index is 12.5. The first-order chi connectivity index (χ1) is 10.7. The summed E-state index contributed by atoms with van der Waals surface area (Å²) in [6, 6.07) is -0.201. The van der Waals surface area contributed by atoms with Gasteiger partial charge in [0.25, 0.3) is 0 Å². The molecule has 8 heteroatoms. The molecule has 1 aromatic rings. The van der Waals surface area contributed by atoms with E-state index in [1.165, 1.54) is 4.90 Å². The molecule has 2 rings (SSSR count). The average Bonchev–Trinajstić information content (AvgIpc) is 2.46. The van der Waals surface area contributed by atoms with Crippen molar-refractivity contribution in [2.45, 2.75) is 33.0 Å². The van der Waals surface area contributed by atoms with E-state index in [-0.39, 0.29) is 6.04 Å². The topological polar surface area (TPSA) is 41.5 Å². The van der Waals surface area contributed by atoms with Crippen molar-refractivity contribution < 1.29 is 17.9 Å². The molecule has 0 amide bonds.